The van der Waals surface area contributed by atoms with Crippen molar-refractivity contribution in [2.24, 2.45) is 0 Å². The summed E-state index contributed by atoms with van der Waals surface area (Å²) in [5.41, 5.74) is 0.822. The summed E-state index contributed by atoms with van der Waals surface area (Å²) in [5.74, 6) is 0.248. The maximum absolute atomic E-state index is 13.0. The number of carbonyl (C=O) groups excluding carboxylic acids is 1. The molecule has 21 heavy (non-hydrogen) atoms. The van der Waals surface area contributed by atoms with Crippen LogP contribution in [-0.2, 0) is 20.4 Å². The minimum Gasteiger partial charge on any atom is -0.351 e. The molecule has 1 N–H and O–H groups in total. The third-order valence-corrected chi connectivity index (χ3v) is 6.32. The van der Waals surface area contributed by atoms with Crippen LogP contribution >= 0.6 is 11.8 Å². The van der Waals surface area contributed by atoms with E-state index in [9.17, 15) is 17.6 Å². The molecule has 2 atom stereocenters. The van der Waals surface area contributed by atoms with Gasteiger partial charge in [0.05, 0.1) is 16.8 Å². The first-order chi connectivity index (χ1) is 9.85. The van der Waals surface area contributed by atoms with Gasteiger partial charge in [0.15, 0.2) is 9.84 Å². The molecule has 0 aromatic heterocycles. The normalized spacial score (nSPS) is 21.9. The fourth-order valence-corrected chi connectivity index (χ4v) is 4.67. The van der Waals surface area contributed by atoms with Gasteiger partial charge < -0.3 is 5.32 Å². The Labute approximate surface area is 128 Å². The first-order valence-electron chi connectivity index (χ1n) is 6.72. The van der Waals surface area contributed by atoms with E-state index in [4.69, 9.17) is 0 Å². The molecular weight excluding hydrogens is 313 g/mol. The first-order valence-corrected chi connectivity index (χ1v) is 9.59. The van der Waals surface area contributed by atoms with Crippen molar-refractivity contribution in [2.75, 3.05) is 11.5 Å². The lowest BCUT2D eigenvalue weighted by Gasteiger charge is -2.15. The lowest BCUT2D eigenvalue weighted by Crippen LogP contribution is -2.40. The average molecular weight is 331 g/mol. The summed E-state index contributed by atoms with van der Waals surface area (Å²) in [6.07, 6.45) is 0.482. The lowest BCUT2D eigenvalue weighted by molar-refractivity contribution is -0.120. The number of hydrogen-bond acceptors (Lipinski definition) is 4. The van der Waals surface area contributed by atoms with Gasteiger partial charge in [0.2, 0.25) is 5.91 Å². The van der Waals surface area contributed by atoms with Crippen molar-refractivity contribution >= 4 is 27.5 Å². The molecule has 0 saturated carbocycles. The number of rotatable bonds is 5. The van der Waals surface area contributed by atoms with Gasteiger partial charge in [0.1, 0.15) is 5.82 Å². The van der Waals surface area contributed by atoms with E-state index in [2.05, 4.69) is 5.32 Å². The number of thioether (sulfide) groups is 1. The standard InChI is InChI=1S/C14H18FNO3S2/c1-10(20-8-11-3-2-4-12(15)7-11)14(17)16-13-5-6-21(18,19)9-13/h2-4,7,10,13H,5-6,8-9H2,1H3,(H,16,17). The Hall–Kier alpha value is -1.08. The van der Waals surface area contributed by atoms with Gasteiger partial charge in [-0.05, 0) is 31.0 Å². The molecule has 1 aliphatic rings. The molecule has 116 valence electrons. The van der Waals surface area contributed by atoms with Crippen molar-refractivity contribution in [3.63, 3.8) is 0 Å². The van der Waals surface area contributed by atoms with Crippen LogP contribution in [0.25, 0.3) is 0 Å². The molecule has 1 aliphatic heterocycles. The summed E-state index contributed by atoms with van der Waals surface area (Å²) in [6.45, 7) is 1.77. The van der Waals surface area contributed by atoms with Gasteiger partial charge in [0, 0.05) is 11.8 Å². The molecule has 1 fully saturated rings. The van der Waals surface area contributed by atoms with E-state index in [0.29, 0.717) is 12.2 Å². The van der Waals surface area contributed by atoms with Crippen LogP contribution in [0.2, 0.25) is 0 Å². The topological polar surface area (TPSA) is 63.2 Å². The maximum Gasteiger partial charge on any atom is 0.233 e. The highest BCUT2D eigenvalue weighted by atomic mass is 32.2. The molecule has 4 nitrogen and oxygen atoms in total. The van der Waals surface area contributed by atoms with Crippen LogP contribution in [0.5, 0.6) is 0 Å². The second kappa shape index (κ2) is 6.79. The molecule has 7 heteroatoms. The second-order valence-corrected chi connectivity index (χ2v) is 8.75. The quantitative estimate of drug-likeness (QED) is 0.893. The van der Waals surface area contributed by atoms with Crippen molar-refractivity contribution in [3.8, 4) is 0 Å². The monoisotopic (exact) mass is 331 g/mol. The highest BCUT2D eigenvalue weighted by Crippen LogP contribution is 2.19. The Morgan fingerprint density at radius 3 is 2.90 bits per heavy atom. The zero-order valence-corrected chi connectivity index (χ0v) is 13.3. The molecule has 0 bridgehead atoms. The Balaban J connectivity index is 1.80. The van der Waals surface area contributed by atoms with Crippen LogP contribution in [0.15, 0.2) is 24.3 Å². The average Bonchev–Trinajstić information content (AvgIpc) is 2.75. The summed E-state index contributed by atoms with van der Waals surface area (Å²) < 4.78 is 35.7. The summed E-state index contributed by atoms with van der Waals surface area (Å²) in [7, 11) is -2.99. The van der Waals surface area contributed by atoms with E-state index in [1.807, 2.05) is 6.07 Å². The molecule has 0 radical (unpaired) electrons. The van der Waals surface area contributed by atoms with E-state index in [1.165, 1.54) is 23.9 Å². The van der Waals surface area contributed by atoms with Gasteiger partial charge in [-0.15, -0.1) is 11.8 Å². The van der Waals surface area contributed by atoms with Crippen molar-refractivity contribution in [3.05, 3.63) is 35.6 Å². The van der Waals surface area contributed by atoms with Crippen molar-refractivity contribution in [1.29, 1.82) is 0 Å². The van der Waals surface area contributed by atoms with Crippen LogP contribution in [0.3, 0.4) is 0 Å². The molecule has 2 unspecified atom stereocenters. The first kappa shape index (κ1) is 16.3. The Morgan fingerprint density at radius 1 is 1.52 bits per heavy atom. The molecule has 0 aliphatic carbocycles. The predicted octanol–water partition coefficient (Wildman–Crippen LogP) is 1.75. The lowest BCUT2D eigenvalue weighted by atomic mass is 10.2. The summed E-state index contributed by atoms with van der Waals surface area (Å²) in [4.78, 5) is 12.0. The zero-order valence-electron chi connectivity index (χ0n) is 11.7. The number of sulfone groups is 1. The molecular formula is C14H18FNO3S2. The third kappa shape index (κ3) is 5.00. The minimum absolute atomic E-state index is 0.0278. The number of nitrogens with one attached hydrogen (secondary N) is 1. The summed E-state index contributed by atoms with van der Waals surface area (Å²) in [6, 6.07) is 6.00. The van der Waals surface area contributed by atoms with Gasteiger partial charge in [0.25, 0.3) is 0 Å². The SMILES string of the molecule is CC(SCc1cccc(F)c1)C(=O)NC1CCS(=O)(=O)C1. The molecule has 2 rings (SSSR count). The Bertz CT molecular complexity index is 618. The number of benzene rings is 1. The number of hydrogen-bond donors (Lipinski definition) is 1. The van der Waals surface area contributed by atoms with Crippen LogP contribution in [0, 0.1) is 5.82 Å². The molecule has 1 saturated heterocycles. The van der Waals surface area contributed by atoms with Crippen molar-refractivity contribution in [1.82, 2.24) is 5.32 Å². The van der Waals surface area contributed by atoms with Crippen molar-refractivity contribution < 1.29 is 17.6 Å². The molecule has 1 heterocycles. The molecule has 1 amide bonds. The van der Waals surface area contributed by atoms with Crippen LogP contribution in [-0.4, -0.2) is 37.1 Å². The highest BCUT2D eigenvalue weighted by molar-refractivity contribution is 7.99. The van der Waals surface area contributed by atoms with E-state index >= 15 is 0 Å². The van der Waals surface area contributed by atoms with Gasteiger partial charge in [-0.25, -0.2) is 12.8 Å². The largest absolute Gasteiger partial charge is 0.351 e. The Kier molecular flexibility index (Phi) is 5.27. The van der Waals surface area contributed by atoms with Gasteiger partial charge in [-0.3, -0.25) is 4.79 Å². The van der Waals surface area contributed by atoms with Gasteiger partial charge in [-0.1, -0.05) is 12.1 Å². The minimum atomic E-state index is -2.99. The summed E-state index contributed by atoms with van der Waals surface area (Å²) >= 11 is 1.40. The third-order valence-electron chi connectivity index (χ3n) is 3.34. The second-order valence-electron chi connectivity index (χ2n) is 5.19. The number of halogens is 1. The Morgan fingerprint density at radius 2 is 2.29 bits per heavy atom. The fraction of sp³-hybridized carbons (Fsp3) is 0.500. The zero-order chi connectivity index (χ0) is 15.5. The van der Waals surface area contributed by atoms with Gasteiger partial charge >= 0.3 is 0 Å². The van der Waals surface area contributed by atoms with E-state index < -0.39 is 9.84 Å². The van der Waals surface area contributed by atoms with Crippen LogP contribution in [0.4, 0.5) is 4.39 Å². The number of carbonyl (C=O) groups is 1. The molecule has 0 spiro atoms. The van der Waals surface area contributed by atoms with Crippen LogP contribution in [0.1, 0.15) is 18.9 Å². The summed E-state index contributed by atoms with van der Waals surface area (Å²) in [5, 5.41) is 2.46. The van der Waals surface area contributed by atoms with E-state index in [-0.39, 0.29) is 34.5 Å². The highest BCUT2D eigenvalue weighted by Gasteiger charge is 2.29. The predicted molar refractivity (Wildman–Crippen MR) is 82.4 cm³/mol. The molecule has 1 aromatic rings. The van der Waals surface area contributed by atoms with Crippen molar-refractivity contribution in [2.45, 2.75) is 30.4 Å². The smallest absolute Gasteiger partial charge is 0.233 e. The number of amides is 1. The van der Waals surface area contributed by atoms with Gasteiger partial charge in [-0.2, -0.15) is 0 Å². The molecule has 1 aromatic carbocycles. The van der Waals surface area contributed by atoms with Crippen LogP contribution < -0.4 is 5.32 Å². The van der Waals surface area contributed by atoms with E-state index in [0.717, 1.165) is 5.56 Å². The maximum atomic E-state index is 13.0. The fourth-order valence-electron chi connectivity index (χ4n) is 2.15. The van der Waals surface area contributed by atoms with E-state index in [1.54, 1.807) is 13.0 Å².